The number of rotatable bonds is 6. The van der Waals surface area contributed by atoms with Crippen LogP contribution in [0.4, 0.5) is 0 Å². The summed E-state index contributed by atoms with van der Waals surface area (Å²) < 4.78 is 0.738. The van der Waals surface area contributed by atoms with Gasteiger partial charge in [0.05, 0.1) is 28.0 Å². The van der Waals surface area contributed by atoms with Crippen LogP contribution in [0.2, 0.25) is 9.36 Å². The highest BCUT2D eigenvalue weighted by atomic mass is 35.5. The van der Waals surface area contributed by atoms with Crippen molar-refractivity contribution in [2.45, 2.75) is 19.9 Å². The number of likely N-dealkylation sites (N-methyl/N-ethyl adjacent to an activating group) is 1. The van der Waals surface area contributed by atoms with Crippen molar-refractivity contribution in [2.75, 3.05) is 6.54 Å². The number of carbonyl (C=O) groups excluding carboxylic acids is 1. The number of hydrogen-bond donors (Lipinski definition) is 0. The summed E-state index contributed by atoms with van der Waals surface area (Å²) in [5, 5.41) is 3.42. The molecule has 1 aromatic carbocycles. The monoisotopic (exact) mass is 410 g/mol. The third kappa shape index (κ3) is 4.61. The van der Waals surface area contributed by atoms with Gasteiger partial charge in [0.1, 0.15) is 5.01 Å². The molecule has 2 aromatic heterocycles. The largest absolute Gasteiger partial charge is 0.337 e. The second-order valence-corrected chi connectivity index (χ2v) is 8.48. The van der Waals surface area contributed by atoms with Crippen LogP contribution < -0.4 is 0 Å². The first-order valence-corrected chi connectivity index (χ1v) is 10.2. The maximum atomic E-state index is 12.6. The van der Waals surface area contributed by atoms with E-state index < -0.39 is 0 Å². The minimum absolute atomic E-state index is 0.0584. The quantitative estimate of drug-likeness (QED) is 0.516. The van der Waals surface area contributed by atoms with Crippen molar-refractivity contribution in [3.8, 4) is 10.6 Å². The summed E-state index contributed by atoms with van der Waals surface area (Å²) in [5.41, 5.74) is 1.67. The number of carbonyl (C=O) groups is 1. The van der Waals surface area contributed by atoms with E-state index >= 15 is 0 Å². The maximum absolute atomic E-state index is 12.6. The van der Waals surface area contributed by atoms with Crippen LogP contribution in [0.3, 0.4) is 0 Å². The van der Waals surface area contributed by atoms with Crippen LogP contribution in [0, 0.1) is 0 Å². The molecule has 25 heavy (non-hydrogen) atoms. The Bertz CT molecular complexity index is 875. The third-order valence-corrected chi connectivity index (χ3v) is 6.17. The molecule has 0 radical (unpaired) electrons. The van der Waals surface area contributed by atoms with E-state index in [1.165, 1.54) is 22.7 Å². The van der Waals surface area contributed by atoms with E-state index in [1.807, 2.05) is 53.6 Å². The number of nitrogens with zero attached hydrogens (tertiary/aromatic N) is 2. The van der Waals surface area contributed by atoms with Gasteiger partial charge in [-0.2, -0.15) is 0 Å². The van der Waals surface area contributed by atoms with Crippen molar-refractivity contribution in [2.24, 2.45) is 0 Å². The van der Waals surface area contributed by atoms with E-state index in [0.29, 0.717) is 18.1 Å². The van der Waals surface area contributed by atoms with Gasteiger partial charge in [-0.3, -0.25) is 4.79 Å². The van der Waals surface area contributed by atoms with Crippen molar-refractivity contribution >= 4 is 51.8 Å². The van der Waals surface area contributed by atoms with Gasteiger partial charge in [0, 0.05) is 22.4 Å². The molecule has 1 amide bonds. The van der Waals surface area contributed by atoms with Gasteiger partial charge in [0.2, 0.25) is 5.91 Å². The molecule has 2 heterocycles. The molecule has 0 N–H and O–H groups in total. The van der Waals surface area contributed by atoms with Gasteiger partial charge in [0.15, 0.2) is 0 Å². The summed E-state index contributed by atoms with van der Waals surface area (Å²) >= 11 is 15.2. The van der Waals surface area contributed by atoms with Crippen molar-refractivity contribution in [3.63, 3.8) is 0 Å². The summed E-state index contributed by atoms with van der Waals surface area (Å²) in [6.07, 6.45) is 0.286. The zero-order valence-electron chi connectivity index (χ0n) is 13.5. The topological polar surface area (TPSA) is 33.2 Å². The third-order valence-electron chi connectivity index (χ3n) is 3.70. The Hall–Kier alpha value is -1.40. The van der Waals surface area contributed by atoms with Crippen LogP contribution in [0.1, 0.15) is 17.5 Å². The molecular formula is C18H16Cl2N2OS2. The molecule has 3 nitrogen and oxygen atoms in total. The Kier molecular flexibility index (Phi) is 6.12. The molecule has 3 aromatic rings. The number of thiophene rings is 1. The average molecular weight is 411 g/mol. The van der Waals surface area contributed by atoms with Gasteiger partial charge in [-0.05, 0) is 25.1 Å². The Labute approximate surface area is 164 Å². The van der Waals surface area contributed by atoms with Gasteiger partial charge in [-0.1, -0.05) is 41.4 Å². The molecule has 0 fully saturated rings. The summed E-state index contributed by atoms with van der Waals surface area (Å²) in [4.78, 5) is 20.1. The van der Waals surface area contributed by atoms with Crippen LogP contribution in [0.25, 0.3) is 10.6 Å². The van der Waals surface area contributed by atoms with Crippen LogP contribution in [0.5, 0.6) is 0 Å². The Balaban J connectivity index is 1.69. The van der Waals surface area contributed by atoms with Gasteiger partial charge >= 0.3 is 0 Å². The van der Waals surface area contributed by atoms with Gasteiger partial charge < -0.3 is 4.90 Å². The first-order chi connectivity index (χ1) is 12.1. The molecule has 0 spiro atoms. The lowest BCUT2D eigenvalue weighted by Crippen LogP contribution is -2.31. The van der Waals surface area contributed by atoms with Crippen molar-refractivity contribution in [3.05, 3.63) is 61.7 Å². The Morgan fingerprint density at radius 1 is 1.20 bits per heavy atom. The molecule has 0 saturated heterocycles. The lowest BCUT2D eigenvalue weighted by molar-refractivity contribution is -0.130. The molecule has 7 heteroatoms. The number of aromatic nitrogens is 1. The molecule has 0 bridgehead atoms. The first-order valence-electron chi connectivity index (χ1n) is 7.78. The standard InChI is InChI=1S/C18H16Cl2N2OS2/c1-2-22(10-13-7-8-16(20)25-13)17(23)9-12-11-24-18(21-12)14-5-3-4-6-15(14)19/h3-8,11H,2,9-10H2,1H3. The summed E-state index contributed by atoms with van der Waals surface area (Å²) in [6.45, 7) is 3.20. The highest BCUT2D eigenvalue weighted by Gasteiger charge is 2.16. The molecule has 0 atom stereocenters. The molecule has 3 rings (SSSR count). The lowest BCUT2D eigenvalue weighted by Gasteiger charge is -2.19. The number of hydrogen-bond acceptors (Lipinski definition) is 4. The summed E-state index contributed by atoms with van der Waals surface area (Å²) in [5.74, 6) is 0.0584. The fraction of sp³-hybridized carbons (Fsp3) is 0.222. The average Bonchev–Trinajstić information content (AvgIpc) is 3.22. The minimum atomic E-state index is 0.0584. The second kappa shape index (κ2) is 8.32. The molecule has 0 unspecified atom stereocenters. The molecule has 0 aliphatic heterocycles. The number of thiazole rings is 1. The van der Waals surface area contributed by atoms with E-state index in [-0.39, 0.29) is 12.3 Å². The fourth-order valence-electron chi connectivity index (χ4n) is 2.41. The fourth-order valence-corrected chi connectivity index (χ4v) is 4.66. The van der Waals surface area contributed by atoms with E-state index in [9.17, 15) is 4.79 Å². The smallest absolute Gasteiger partial charge is 0.228 e. The van der Waals surface area contributed by atoms with E-state index in [2.05, 4.69) is 4.98 Å². The molecule has 0 aliphatic rings. The van der Waals surface area contributed by atoms with Crippen LogP contribution >= 0.6 is 45.9 Å². The second-order valence-electron chi connectivity index (χ2n) is 5.41. The van der Waals surface area contributed by atoms with Crippen LogP contribution in [-0.4, -0.2) is 22.3 Å². The highest BCUT2D eigenvalue weighted by Crippen LogP contribution is 2.30. The van der Waals surface area contributed by atoms with E-state index in [1.54, 1.807) is 0 Å². The first kappa shape index (κ1) is 18.4. The molecule has 0 saturated carbocycles. The zero-order valence-corrected chi connectivity index (χ0v) is 16.7. The van der Waals surface area contributed by atoms with Gasteiger partial charge in [-0.25, -0.2) is 4.98 Å². The van der Waals surface area contributed by atoms with E-state index in [4.69, 9.17) is 23.2 Å². The molecule has 0 aliphatic carbocycles. The number of halogens is 2. The summed E-state index contributed by atoms with van der Waals surface area (Å²) in [7, 11) is 0. The van der Waals surface area contributed by atoms with E-state index in [0.717, 1.165) is 25.5 Å². The number of benzene rings is 1. The number of amides is 1. The van der Waals surface area contributed by atoms with Crippen LogP contribution in [0.15, 0.2) is 41.8 Å². The zero-order chi connectivity index (χ0) is 17.8. The Morgan fingerprint density at radius 2 is 2.00 bits per heavy atom. The van der Waals surface area contributed by atoms with Crippen molar-refractivity contribution in [1.82, 2.24) is 9.88 Å². The maximum Gasteiger partial charge on any atom is 0.228 e. The Morgan fingerprint density at radius 3 is 2.68 bits per heavy atom. The van der Waals surface area contributed by atoms with Crippen molar-refractivity contribution < 1.29 is 4.79 Å². The lowest BCUT2D eigenvalue weighted by atomic mass is 10.2. The van der Waals surface area contributed by atoms with Crippen molar-refractivity contribution in [1.29, 1.82) is 0 Å². The van der Waals surface area contributed by atoms with Gasteiger partial charge in [0.25, 0.3) is 0 Å². The minimum Gasteiger partial charge on any atom is -0.337 e. The molecular weight excluding hydrogens is 395 g/mol. The predicted octanol–water partition coefficient (Wildman–Crippen LogP) is 5.77. The van der Waals surface area contributed by atoms with Crippen LogP contribution in [-0.2, 0) is 17.8 Å². The normalized spacial score (nSPS) is 10.8. The van der Waals surface area contributed by atoms with Gasteiger partial charge in [-0.15, -0.1) is 22.7 Å². The highest BCUT2D eigenvalue weighted by molar-refractivity contribution is 7.16. The molecule has 130 valence electrons. The summed E-state index contributed by atoms with van der Waals surface area (Å²) in [6, 6.07) is 11.4. The SMILES string of the molecule is CCN(Cc1ccc(Cl)s1)C(=O)Cc1csc(-c2ccccc2Cl)n1. The predicted molar refractivity (Wildman–Crippen MR) is 107 cm³/mol.